The van der Waals surface area contributed by atoms with Crippen LogP contribution in [-0.2, 0) is 9.59 Å². The van der Waals surface area contributed by atoms with Gasteiger partial charge in [-0.25, -0.2) is 4.79 Å². The van der Waals surface area contributed by atoms with E-state index in [1.165, 1.54) is 0 Å². The molecule has 1 aliphatic rings. The van der Waals surface area contributed by atoms with Crippen LogP contribution in [0.25, 0.3) is 0 Å². The van der Waals surface area contributed by atoms with Gasteiger partial charge in [0.25, 0.3) is 0 Å². The number of piperidine rings is 1. The predicted molar refractivity (Wildman–Crippen MR) is 60.1 cm³/mol. The highest BCUT2D eigenvalue weighted by Gasteiger charge is 2.41. The normalized spacial score (nSPS) is 20.7. The van der Waals surface area contributed by atoms with E-state index in [1.54, 1.807) is 0 Å². The number of hydrogen-bond acceptors (Lipinski definition) is 3. The molecule has 1 rings (SSSR count). The molecule has 0 spiro atoms. The molecule has 1 aliphatic heterocycles. The van der Waals surface area contributed by atoms with Gasteiger partial charge in [-0.05, 0) is 18.8 Å². The lowest BCUT2D eigenvalue weighted by Crippen LogP contribution is -2.58. The van der Waals surface area contributed by atoms with Gasteiger partial charge in [-0.3, -0.25) is 4.79 Å². The number of carboxylic acid groups (broad SMARTS) is 1. The first-order chi connectivity index (χ1) is 7.50. The second-order valence-electron chi connectivity index (χ2n) is 4.84. The minimum atomic E-state index is -1.05. The Bertz CT molecular complexity index is 258. The molecule has 16 heavy (non-hydrogen) atoms. The van der Waals surface area contributed by atoms with E-state index in [0.717, 1.165) is 19.6 Å². The summed E-state index contributed by atoms with van der Waals surface area (Å²) < 4.78 is 0. The number of rotatable bonds is 5. The van der Waals surface area contributed by atoms with E-state index >= 15 is 0 Å². The van der Waals surface area contributed by atoms with Crippen LogP contribution in [-0.4, -0.2) is 47.6 Å². The molecule has 1 saturated heterocycles. The molecule has 5 nitrogen and oxygen atoms in total. The quantitative estimate of drug-likeness (QED) is 0.664. The monoisotopic (exact) mass is 228 g/mol. The number of nitrogens with one attached hydrogen (secondary N) is 1. The number of carbonyl (C=O) groups excluding carboxylic acids is 1. The zero-order chi connectivity index (χ0) is 12.2. The third-order valence-electron chi connectivity index (χ3n) is 3.08. The lowest BCUT2D eigenvalue weighted by Gasteiger charge is -2.38. The van der Waals surface area contributed by atoms with Gasteiger partial charge >= 0.3 is 5.97 Å². The molecular formula is C11H20N2O3. The summed E-state index contributed by atoms with van der Waals surface area (Å²) in [6, 6.07) is 0. The van der Waals surface area contributed by atoms with Crippen LogP contribution in [0.1, 0.15) is 26.7 Å². The van der Waals surface area contributed by atoms with E-state index in [0.29, 0.717) is 25.2 Å². The van der Waals surface area contributed by atoms with E-state index in [9.17, 15) is 9.59 Å². The molecule has 0 aromatic carbocycles. The molecule has 0 atom stereocenters. The van der Waals surface area contributed by atoms with E-state index in [4.69, 9.17) is 5.11 Å². The van der Waals surface area contributed by atoms with Crippen molar-refractivity contribution in [3.05, 3.63) is 0 Å². The third kappa shape index (κ3) is 2.95. The van der Waals surface area contributed by atoms with Gasteiger partial charge < -0.3 is 15.3 Å². The van der Waals surface area contributed by atoms with E-state index in [2.05, 4.69) is 24.1 Å². The lowest BCUT2D eigenvalue weighted by atomic mass is 9.87. The van der Waals surface area contributed by atoms with Crippen molar-refractivity contribution in [1.82, 2.24) is 10.2 Å². The number of hydrogen-bond donors (Lipinski definition) is 2. The number of carbonyl (C=O) groups is 2. The molecule has 0 saturated carbocycles. The summed E-state index contributed by atoms with van der Waals surface area (Å²) in [7, 11) is 0. The van der Waals surface area contributed by atoms with Crippen LogP contribution in [0.15, 0.2) is 0 Å². The molecule has 92 valence electrons. The van der Waals surface area contributed by atoms with E-state index in [-0.39, 0.29) is 0 Å². The first-order valence-corrected chi connectivity index (χ1v) is 5.67. The molecule has 0 bridgehead atoms. The predicted octanol–water partition coefficient (Wildman–Crippen LogP) is 0.308. The number of aliphatic carboxylic acids is 1. The molecule has 1 amide bonds. The Labute approximate surface area is 95.8 Å². The van der Waals surface area contributed by atoms with Crippen molar-refractivity contribution in [2.45, 2.75) is 32.2 Å². The number of nitrogens with zero attached hydrogens (tertiary/aromatic N) is 1. The van der Waals surface area contributed by atoms with E-state index < -0.39 is 11.5 Å². The molecule has 0 unspecified atom stereocenters. The van der Waals surface area contributed by atoms with Crippen LogP contribution in [0, 0.1) is 5.92 Å². The molecule has 0 aliphatic carbocycles. The summed E-state index contributed by atoms with van der Waals surface area (Å²) in [6.07, 6.45) is 1.45. The van der Waals surface area contributed by atoms with Crippen LogP contribution in [0.4, 0.5) is 0 Å². The smallest absolute Gasteiger partial charge is 0.329 e. The maximum atomic E-state index is 11.2. The molecular weight excluding hydrogens is 208 g/mol. The number of likely N-dealkylation sites (tertiary alicyclic amines) is 1. The van der Waals surface area contributed by atoms with Crippen molar-refractivity contribution in [3.8, 4) is 0 Å². The molecule has 5 heteroatoms. The average Bonchev–Trinajstić information content (AvgIpc) is 2.20. The van der Waals surface area contributed by atoms with Gasteiger partial charge in [0.15, 0.2) is 0 Å². The van der Waals surface area contributed by atoms with Gasteiger partial charge in [-0.1, -0.05) is 13.8 Å². The summed E-state index contributed by atoms with van der Waals surface area (Å²) >= 11 is 0. The Hall–Kier alpha value is -1.10. The number of carboxylic acids is 1. The lowest BCUT2D eigenvalue weighted by molar-refractivity contribution is -0.148. The summed E-state index contributed by atoms with van der Waals surface area (Å²) in [6.45, 7) is 6.72. The SMILES string of the molecule is CC(C)CN1CCC(NC=O)(C(=O)O)CC1. The Morgan fingerprint density at radius 1 is 1.50 bits per heavy atom. The molecule has 0 radical (unpaired) electrons. The maximum absolute atomic E-state index is 11.2. The van der Waals surface area contributed by atoms with Gasteiger partial charge in [0.05, 0.1) is 0 Å². The van der Waals surface area contributed by atoms with Crippen LogP contribution in [0.2, 0.25) is 0 Å². The largest absolute Gasteiger partial charge is 0.480 e. The summed E-state index contributed by atoms with van der Waals surface area (Å²) in [4.78, 5) is 23.9. The van der Waals surface area contributed by atoms with Crippen molar-refractivity contribution in [3.63, 3.8) is 0 Å². The molecule has 0 aromatic rings. The van der Waals surface area contributed by atoms with E-state index in [1.807, 2.05) is 0 Å². The minimum absolute atomic E-state index is 0.480. The minimum Gasteiger partial charge on any atom is -0.480 e. The fraction of sp³-hybridized carbons (Fsp3) is 0.818. The second-order valence-corrected chi connectivity index (χ2v) is 4.84. The molecule has 1 fully saturated rings. The summed E-state index contributed by atoms with van der Waals surface area (Å²) in [5, 5.41) is 11.6. The summed E-state index contributed by atoms with van der Waals surface area (Å²) in [5.41, 5.74) is -1.05. The zero-order valence-corrected chi connectivity index (χ0v) is 9.90. The Kier molecular flexibility index (Phi) is 4.29. The van der Waals surface area contributed by atoms with Crippen LogP contribution < -0.4 is 5.32 Å². The first kappa shape index (κ1) is 13.0. The third-order valence-corrected chi connectivity index (χ3v) is 3.08. The fourth-order valence-corrected chi connectivity index (χ4v) is 2.17. The van der Waals surface area contributed by atoms with Gasteiger partial charge in [-0.2, -0.15) is 0 Å². The Morgan fingerprint density at radius 2 is 2.06 bits per heavy atom. The standard InChI is InChI=1S/C11H20N2O3/c1-9(2)7-13-5-3-11(4-6-13,10(15)16)12-8-14/h8-9H,3-7H2,1-2H3,(H,12,14)(H,15,16). The van der Waals surface area contributed by atoms with Crippen LogP contribution in [0.3, 0.4) is 0 Å². The fourth-order valence-electron chi connectivity index (χ4n) is 2.17. The molecule has 1 heterocycles. The Morgan fingerprint density at radius 3 is 2.44 bits per heavy atom. The first-order valence-electron chi connectivity index (χ1n) is 5.67. The zero-order valence-electron chi connectivity index (χ0n) is 9.90. The average molecular weight is 228 g/mol. The van der Waals surface area contributed by atoms with Crippen molar-refractivity contribution in [2.75, 3.05) is 19.6 Å². The molecule has 2 N–H and O–H groups in total. The van der Waals surface area contributed by atoms with Crippen molar-refractivity contribution < 1.29 is 14.7 Å². The number of amides is 1. The van der Waals surface area contributed by atoms with Crippen LogP contribution in [0.5, 0.6) is 0 Å². The topological polar surface area (TPSA) is 69.6 Å². The van der Waals surface area contributed by atoms with Crippen molar-refractivity contribution >= 4 is 12.4 Å². The van der Waals surface area contributed by atoms with Gasteiger partial charge in [0, 0.05) is 19.6 Å². The highest BCUT2D eigenvalue weighted by atomic mass is 16.4. The second kappa shape index (κ2) is 5.30. The van der Waals surface area contributed by atoms with Crippen LogP contribution >= 0.6 is 0 Å². The van der Waals surface area contributed by atoms with Gasteiger partial charge in [0.1, 0.15) is 5.54 Å². The highest BCUT2D eigenvalue weighted by Crippen LogP contribution is 2.22. The Balaban J connectivity index is 2.56. The highest BCUT2D eigenvalue weighted by molar-refractivity contribution is 5.81. The maximum Gasteiger partial charge on any atom is 0.329 e. The summed E-state index contributed by atoms with van der Waals surface area (Å²) in [5.74, 6) is -0.347. The molecule has 0 aromatic heterocycles. The van der Waals surface area contributed by atoms with Gasteiger partial charge in [0.2, 0.25) is 6.41 Å². The van der Waals surface area contributed by atoms with Crippen molar-refractivity contribution in [1.29, 1.82) is 0 Å². The van der Waals surface area contributed by atoms with Crippen molar-refractivity contribution in [2.24, 2.45) is 5.92 Å². The van der Waals surface area contributed by atoms with Gasteiger partial charge in [-0.15, -0.1) is 0 Å².